The summed E-state index contributed by atoms with van der Waals surface area (Å²) >= 11 is 0. The Morgan fingerprint density at radius 2 is 2.19 bits per heavy atom. The van der Waals surface area contributed by atoms with Gasteiger partial charge in [0.2, 0.25) is 0 Å². The first-order valence-electron chi connectivity index (χ1n) is 6.24. The van der Waals surface area contributed by atoms with Crippen molar-refractivity contribution in [3.8, 4) is 0 Å². The lowest BCUT2D eigenvalue weighted by atomic mass is 10.1. The topological polar surface area (TPSA) is 53.6 Å². The van der Waals surface area contributed by atoms with Crippen LogP contribution in [-0.4, -0.2) is 42.1 Å². The van der Waals surface area contributed by atoms with E-state index in [2.05, 4.69) is 42.9 Å². The number of nitrogens with two attached hydrogens (primary N) is 1. The third-order valence-corrected chi connectivity index (χ3v) is 2.75. The van der Waals surface area contributed by atoms with Gasteiger partial charge in [-0.3, -0.25) is 0 Å². The Morgan fingerprint density at radius 1 is 1.50 bits per heavy atom. The van der Waals surface area contributed by atoms with Crippen LogP contribution in [0.3, 0.4) is 0 Å². The lowest BCUT2D eigenvalue weighted by Gasteiger charge is -2.30. The van der Waals surface area contributed by atoms with Gasteiger partial charge in [-0.05, 0) is 46.7 Å². The molecular weight excluding hydrogens is 200 g/mol. The lowest BCUT2D eigenvalue weighted by molar-refractivity contribution is 0.219. The highest BCUT2D eigenvalue weighted by atomic mass is 15.2. The van der Waals surface area contributed by atoms with Crippen LogP contribution < -0.4 is 11.1 Å². The molecule has 0 aromatic rings. The van der Waals surface area contributed by atoms with Crippen molar-refractivity contribution >= 4 is 5.96 Å². The van der Waals surface area contributed by atoms with E-state index in [4.69, 9.17) is 5.73 Å². The van der Waals surface area contributed by atoms with E-state index in [1.807, 2.05) is 0 Å². The molecule has 1 aliphatic rings. The van der Waals surface area contributed by atoms with Crippen LogP contribution in [0, 0.1) is 0 Å². The monoisotopic (exact) mass is 226 g/mol. The molecule has 0 radical (unpaired) electrons. The Bertz CT molecular complexity index is 242. The van der Waals surface area contributed by atoms with Gasteiger partial charge in [0.05, 0.1) is 6.04 Å². The summed E-state index contributed by atoms with van der Waals surface area (Å²) in [6.45, 7) is 11.8. The summed E-state index contributed by atoms with van der Waals surface area (Å²) < 4.78 is 0. The summed E-state index contributed by atoms with van der Waals surface area (Å²) in [4.78, 5) is 6.99. The second-order valence-electron chi connectivity index (χ2n) is 5.58. The van der Waals surface area contributed by atoms with Gasteiger partial charge in [0.1, 0.15) is 0 Å². The van der Waals surface area contributed by atoms with Crippen molar-refractivity contribution in [1.29, 1.82) is 0 Å². The maximum absolute atomic E-state index is 5.90. The maximum atomic E-state index is 5.90. The Morgan fingerprint density at radius 3 is 2.75 bits per heavy atom. The molecule has 1 rings (SSSR count). The summed E-state index contributed by atoms with van der Waals surface area (Å²) in [5.74, 6) is 0.579. The van der Waals surface area contributed by atoms with Gasteiger partial charge in [-0.25, -0.2) is 4.99 Å². The minimum Gasteiger partial charge on any atom is -0.370 e. The first kappa shape index (κ1) is 13.3. The zero-order chi connectivity index (χ0) is 12.2. The SMILES string of the molecule is CCN1CCCC(N=C(N)NC(C)(C)C)C1. The third kappa shape index (κ3) is 4.84. The maximum Gasteiger partial charge on any atom is 0.189 e. The predicted molar refractivity (Wildman–Crippen MR) is 69.6 cm³/mol. The first-order valence-corrected chi connectivity index (χ1v) is 6.24. The van der Waals surface area contributed by atoms with E-state index in [1.54, 1.807) is 0 Å². The number of nitrogens with one attached hydrogen (secondary N) is 1. The molecule has 0 aromatic heterocycles. The summed E-state index contributed by atoms with van der Waals surface area (Å²) in [7, 11) is 0. The summed E-state index contributed by atoms with van der Waals surface area (Å²) in [6.07, 6.45) is 2.38. The molecule has 1 atom stereocenters. The van der Waals surface area contributed by atoms with Gasteiger partial charge >= 0.3 is 0 Å². The second-order valence-corrected chi connectivity index (χ2v) is 5.58. The summed E-state index contributed by atoms with van der Waals surface area (Å²) in [5.41, 5.74) is 5.89. The number of hydrogen-bond acceptors (Lipinski definition) is 2. The lowest BCUT2D eigenvalue weighted by Crippen LogP contribution is -2.46. The van der Waals surface area contributed by atoms with Crippen LogP contribution in [0.5, 0.6) is 0 Å². The zero-order valence-corrected chi connectivity index (χ0v) is 11.1. The van der Waals surface area contributed by atoms with E-state index in [0.717, 1.165) is 19.5 Å². The highest BCUT2D eigenvalue weighted by molar-refractivity contribution is 5.78. The molecule has 4 heteroatoms. The van der Waals surface area contributed by atoms with Crippen molar-refractivity contribution in [1.82, 2.24) is 10.2 Å². The molecular formula is C12H26N4. The van der Waals surface area contributed by atoms with E-state index < -0.39 is 0 Å². The minimum atomic E-state index is -0.00725. The quantitative estimate of drug-likeness (QED) is 0.549. The molecule has 0 aromatic carbocycles. The van der Waals surface area contributed by atoms with Crippen LogP contribution in [0.25, 0.3) is 0 Å². The molecule has 1 fully saturated rings. The number of likely N-dealkylation sites (tertiary alicyclic amines) is 1. The summed E-state index contributed by atoms with van der Waals surface area (Å²) in [6, 6.07) is 0.364. The van der Waals surface area contributed by atoms with Crippen LogP contribution >= 0.6 is 0 Å². The van der Waals surface area contributed by atoms with Gasteiger partial charge in [0, 0.05) is 12.1 Å². The molecule has 4 nitrogen and oxygen atoms in total. The second kappa shape index (κ2) is 5.53. The van der Waals surface area contributed by atoms with Crippen LogP contribution in [0.2, 0.25) is 0 Å². The fourth-order valence-corrected chi connectivity index (χ4v) is 2.04. The van der Waals surface area contributed by atoms with E-state index >= 15 is 0 Å². The molecule has 94 valence electrons. The van der Waals surface area contributed by atoms with Gasteiger partial charge in [-0.15, -0.1) is 0 Å². The molecule has 3 N–H and O–H groups in total. The van der Waals surface area contributed by atoms with E-state index in [9.17, 15) is 0 Å². The van der Waals surface area contributed by atoms with Crippen molar-refractivity contribution < 1.29 is 0 Å². The molecule has 0 saturated carbocycles. The third-order valence-electron chi connectivity index (χ3n) is 2.75. The molecule has 1 heterocycles. The molecule has 0 spiro atoms. The van der Waals surface area contributed by atoms with Crippen LogP contribution in [0.4, 0.5) is 0 Å². The Kier molecular flexibility index (Phi) is 4.59. The molecule has 1 unspecified atom stereocenters. The number of hydrogen-bond donors (Lipinski definition) is 2. The molecule has 0 amide bonds. The number of rotatable bonds is 2. The van der Waals surface area contributed by atoms with Gasteiger partial charge in [-0.2, -0.15) is 0 Å². The summed E-state index contributed by atoms with van der Waals surface area (Å²) in [5, 5.41) is 3.21. The first-order chi connectivity index (χ1) is 7.40. The van der Waals surface area contributed by atoms with Crippen LogP contribution in [-0.2, 0) is 0 Å². The Balaban J connectivity index is 2.48. The zero-order valence-electron chi connectivity index (χ0n) is 11.1. The molecule has 16 heavy (non-hydrogen) atoms. The highest BCUT2D eigenvalue weighted by Crippen LogP contribution is 2.12. The number of piperidine rings is 1. The molecule has 0 bridgehead atoms. The number of guanidine groups is 1. The molecule has 1 saturated heterocycles. The van der Waals surface area contributed by atoms with Gasteiger partial charge in [-0.1, -0.05) is 6.92 Å². The van der Waals surface area contributed by atoms with Gasteiger partial charge < -0.3 is 16.0 Å². The minimum absolute atomic E-state index is 0.00725. The van der Waals surface area contributed by atoms with Gasteiger partial charge in [0.15, 0.2) is 5.96 Å². The van der Waals surface area contributed by atoms with Crippen molar-refractivity contribution in [3.63, 3.8) is 0 Å². The van der Waals surface area contributed by atoms with Crippen LogP contribution in [0.1, 0.15) is 40.5 Å². The van der Waals surface area contributed by atoms with E-state index in [-0.39, 0.29) is 5.54 Å². The van der Waals surface area contributed by atoms with Crippen molar-refractivity contribution in [2.24, 2.45) is 10.7 Å². The van der Waals surface area contributed by atoms with E-state index in [0.29, 0.717) is 12.0 Å². The standard InChI is InChI=1S/C12H26N4/c1-5-16-8-6-7-10(9-16)14-11(13)15-12(2,3)4/h10H,5-9H2,1-4H3,(H3,13,14,15). The average Bonchev–Trinajstić information content (AvgIpc) is 2.15. The molecule has 1 aliphatic heterocycles. The number of aliphatic imine (C=N–C) groups is 1. The number of nitrogens with zero attached hydrogens (tertiary/aromatic N) is 2. The normalized spacial score (nSPS) is 24.5. The van der Waals surface area contributed by atoms with Crippen LogP contribution in [0.15, 0.2) is 4.99 Å². The highest BCUT2D eigenvalue weighted by Gasteiger charge is 2.19. The van der Waals surface area contributed by atoms with Crippen molar-refractivity contribution in [2.45, 2.75) is 52.1 Å². The Labute approximate surface area is 99.3 Å². The Hall–Kier alpha value is -0.770. The smallest absolute Gasteiger partial charge is 0.189 e. The predicted octanol–water partition coefficient (Wildman–Crippen LogP) is 1.17. The largest absolute Gasteiger partial charge is 0.370 e. The molecule has 0 aliphatic carbocycles. The van der Waals surface area contributed by atoms with Crippen molar-refractivity contribution in [3.05, 3.63) is 0 Å². The van der Waals surface area contributed by atoms with Gasteiger partial charge in [0.25, 0.3) is 0 Å². The number of likely N-dealkylation sites (N-methyl/N-ethyl adjacent to an activating group) is 1. The van der Waals surface area contributed by atoms with Crippen molar-refractivity contribution in [2.75, 3.05) is 19.6 Å². The average molecular weight is 226 g/mol. The fraction of sp³-hybridized carbons (Fsp3) is 0.917. The fourth-order valence-electron chi connectivity index (χ4n) is 2.04. The van der Waals surface area contributed by atoms with E-state index in [1.165, 1.54) is 13.0 Å².